The maximum absolute atomic E-state index is 12.6. The lowest BCUT2D eigenvalue weighted by Crippen LogP contribution is -2.55. The van der Waals surface area contributed by atoms with Crippen molar-refractivity contribution in [3.63, 3.8) is 0 Å². The molecule has 1 aromatic heterocycles. The predicted molar refractivity (Wildman–Crippen MR) is 102 cm³/mol. The van der Waals surface area contributed by atoms with Gasteiger partial charge in [-0.1, -0.05) is 5.16 Å². The molecule has 2 atom stereocenters. The number of piperazine rings is 1. The molecule has 1 aromatic rings. The van der Waals surface area contributed by atoms with Crippen molar-refractivity contribution in [2.75, 3.05) is 44.6 Å². The Morgan fingerprint density at radius 3 is 2.63 bits per heavy atom. The van der Waals surface area contributed by atoms with Crippen molar-refractivity contribution >= 4 is 17.7 Å². The van der Waals surface area contributed by atoms with Crippen LogP contribution in [-0.4, -0.2) is 83.0 Å². The van der Waals surface area contributed by atoms with Gasteiger partial charge >= 0.3 is 0 Å². The summed E-state index contributed by atoms with van der Waals surface area (Å²) >= 11 is 0. The molecule has 2 fully saturated rings. The average Bonchev–Trinajstić information content (AvgIpc) is 3.06. The molecule has 0 spiro atoms. The van der Waals surface area contributed by atoms with Gasteiger partial charge in [-0.25, -0.2) is 0 Å². The molecule has 2 unspecified atom stereocenters. The average molecular weight is 377 g/mol. The summed E-state index contributed by atoms with van der Waals surface area (Å²) in [5.74, 6) is 0.518. The molecular formula is C19H31N5O3. The van der Waals surface area contributed by atoms with Crippen LogP contribution in [0.1, 0.15) is 38.8 Å². The van der Waals surface area contributed by atoms with Crippen molar-refractivity contribution in [1.82, 2.24) is 19.9 Å². The summed E-state index contributed by atoms with van der Waals surface area (Å²) in [5.41, 5.74) is 0.735. The molecule has 0 saturated carbocycles. The van der Waals surface area contributed by atoms with E-state index in [1.54, 1.807) is 6.07 Å². The van der Waals surface area contributed by atoms with Gasteiger partial charge in [0.05, 0.1) is 18.3 Å². The van der Waals surface area contributed by atoms with Crippen LogP contribution >= 0.6 is 0 Å². The van der Waals surface area contributed by atoms with Crippen LogP contribution in [0.2, 0.25) is 0 Å². The van der Waals surface area contributed by atoms with Gasteiger partial charge in [0.2, 0.25) is 17.7 Å². The highest BCUT2D eigenvalue weighted by Gasteiger charge is 2.29. The maximum atomic E-state index is 12.6. The SMILES string of the molecule is Cc1cc(NC(=O)C(C)N2CCN(CC(=O)N3CCCCC3C)CC2)on1. The normalized spacial score (nSPS) is 23.2. The highest BCUT2D eigenvalue weighted by Crippen LogP contribution is 2.17. The van der Waals surface area contributed by atoms with E-state index in [1.165, 1.54) is 6.42 Å². The van der Waals surface area contributed by atoms with Crippen LogP contribution in [0.25, 0.3) is 0 Å². The number of likely N-dealkylation sites (tertiary alicyclic amines) is 1. The number of carbonyl (C=O) groups is 2. The number of amides is 2. The monoisotopic (exact) mass is 377 g/mol. The van der Waals surface area contributed by atoms with Gasteiger partial charge in [0.15, 0.2) is 0 Å². The Hall–Kier alpha value is -1.93. The fourth-order valence-corrected chi connectivity index (χ4v) is 3.87. The van der Waals surface area contributed by atoms with Crippen LogP contribution in [0, 0.1) is 6.92 Å². The summed E-state index contributed by atoms with van der Waals surface area (Å²) in [6.45, 7) is 10.4. The van der Waals surface area contributed by atoms with Crippen molar-refractivity contribution in [2.45, 2.75) is 52.1 Å². The van der Waals surface area contributed by atoms with Crippen molar-refractivity contribution in [3.8, 4) is 0 Å². The summed E-state index contributed by atoms with van der Waals surface area (Å²) < 4.78 is 5.05. The molecule has 8 heteroatoms. The Morgan fingerprint density at radius 2 is 2.00 bits per heavy atom. The molecule has 2 aliphatic rings. The number of nitrogens with zero attached hydrogens (tertiary/aromatic N) is 4. The van der Waals surface area contributed by atoms with Gasteiger partial charge in [0.25, 0.3) is 0 Å². The number of carbonyl (C=O) groups excluding carboxylic acids is 2. The van der Waals surface area contributed by atoms with Crippen LogP contribution in [-0.2, 0) is 9.59 Å². The molecule has 3 heterocycles. The fraction of sp³-hybridized carbons (Fsp3) is 0.737. The van der Waals surface area contributed by atoms with Gasteiger partial charge < -0.3 is 9.42 Å². The topological polar surface area (TPSA) is 81.9 Å². The first kappa shape index (κ1) is 19.8. The molecule has 2 aliphatic heterocycles. The largest absolute Gasteiger partial charge is 0.339 e. The summed E-state index contributed by atoms with van der Waals surface area (Å²) in [4.78, 5) is 31.4. The van der Waals surface area contributed by atoms with Crippen molar-refractivity contribution in [3.05, 3.63) is 11.8 Å². The Labute approximate surface area is 160 Å². The van der Waals surface area contributed by atoms with Gasteiger partial charge in [-0.15, -0.1) is 0 Å². The number of piperidine rings is 1. The maximum Gasteiger partial charge on any atom is 0.243 e. The van der Waals surface area contributed by atoms with E-state index in [2.05, 4.69) is 27.2 Å². The van der Waals surface area contributed by atoms with Crippen LogP contribution in [0.15, 0.2) is 10.6 Å². The second-order valence-corrected chi connectivity index (χ2v) is 7.74. The second kappa shape index (κ2) is 8.84. The van der Waals surface area contributed by atoms with Crippen molar-refractivity contribution in [1.29, 1.82) is 0 Å². The molecular weight excluding hydrogens is 346 g/mol. The molecule has 0 radical (unpaired) electrons. The summed E-state index contributed by atoms with van der Waals surface area (Å²) in [7, 11) is 0. The van der Waals surface area contributed by atoms with Gasteiger partial charge in [0.1, 0.15) is 0 Å². The molecule has 0 bridgehead atoms. The standard InChI is InChI=1S/C19H31N5O3/c1-14-12-17(27-21-14)20-19(26)16(3)23-10-8-22(9-11-23)13-18(25)24-7-5-4-6-15(24)2/h12,15-16H,4-11,13H2,1-3H3,(H,20,26). The number of hydrogen-bond donors (Lipinski definition) is 1. The van der Waals surface area contributed by atoms with E-state index >= 15 is 0 Å². The Balaban J connectivity index is 1.43. The zero-order chi connectivity index (χ0) is 19.4. The van der Waals surface area contributed by atoms with E-state index in [4.69, 9.17) is 4.52 Å². The smallest absolute Gasteiger partial charge is 0.243 e. The summed E-state index contributed by atoms with van der Waals surface area (Å²) in [5, 5.41) is 6.54. The summed E-state index contributed by atoms with van der Waals surface area (Å²) in [6, 6.07) is 1.81. The third-order valence-electron chi connectivity index (χ3n) is 5.69. The number of aryl methyl sites for hydroxylation is 1. The quantitative estimate of drug-likeness (QED) is 0.834. The van der Waals surface area contributed by atoms with Crippen molar-refractivity contribution in [2.24, 2.45) is 0 Å². The van der Waals surface area contributed by atoms with E-state index in [9.17, 15) is 9.59 Å². The number of nitrogens with one attached hydrogen (secondary N) is 1. The lowest BCUT2D eigenvalue weighted by molar-refractivity contribution is -0.136. The molecule has 3 rings (SSSR count). The summed E-state index contributed by atoms with van der Waals surface area (Å²) in [6.07, 6.45) is 3.44. The number of rotatable bonds is 5. The Bertz CT molecular complexity index is 654. The molecule has 2 saturated heterocycles. The molecule has 150 valence electrons. The second-order valence-electron chi connectivity index (χ2n) is 7.74. The Morgan fingerprint density at radius 1 is 1.26 bits per heavy atom. The third kappa shape index (κ3) is 5.07. The minimum atomic E-state index is -0.254. The first-order chi connectivity index (χ1) is 12.9. The molecule has 1 N–H and O–H groups in total. The fourth-order valence-electron chi connectivity index (χ4n) is 3.87. The third-order valence-corrected chi connectivity index (χ3v) is 5.69. The Kier molecular flexibility index (Phi) is 6.49. The van der Waals surface area contributed by atoms with Crippen molar-refractivity contribution < 1.29 is 14.1 Å². The zero-order valence-electron chi connectivity index (χ0n) is 16.6. The predicted octanol–water partition coefficient (Wildman–Crippen LogP) is 1.33. The highest BCUT2D eigenvalue weighted by atomic mass is 16.5. The molecule has 27 heavy (non-hydrogen) atoms. The van der Waals surface area contributed by atoms with E-state index < -0.39 is 0 Å². The van der Waals surface area contributed by atoms with E-state index in [1.807, 2.05) is 18.7 Å². The van der Waals surface area contributed by atoms with Crippen LogP contribution in [0.3, 0.4) is 0 Å². The van der Waals surface area contributed by atoms with E-state index in [-0.39, 0.29) is 17.9 Å². The minimum Gasteiger partial charge on any atom is -0.339 e. The molecule has 0 aliphatic carbocycles. The first-order valence-electron chi connectivity index (χ1n) is 9.94. The lowest BCUT2D eigenvalue weighted by atomic mass is 10.0. The zero-order valence-corrected chi connectivity index (χ0v) is 16.6. The number of hydrogen-bond acceptors (Lipinski definition) is 6. The van der Waals surface area contributed by atoms with E-state index in [0.717, 1.165) is 51.3 Å². The number of aromatic nitrogens is 1. The molecule has 0 aromatic carbocycles. The van der Waals surface area contributed by atoms with Gasteiger partial charge in [0, 0.05) is 44.8 Å². The van der Waals surface area contributed by atoms with Crippen LogP contribution in [0.5, 0.6) is 0 Å². The van der Waals surface area contributed by atoms with Crippen LogP contribution in [0.4, 0.5) is 5.88 Å². The van der Waals surface area contributed by atoms with E-state index in [0.29, 0.717) is 18.5 Å². The highest BCUT2D eigenvalue weighted by molar-refractivity contribution is 5.93. The van der Waals surface area contributed by atoms with Crippen LogP contribution < -0.4 is 5.32 Å². The first-order valence-corrected chi connectivity index (χ1v) is 9.94. The minimum absolute atomic E-state index is 0.0992. The number of anilines is 1. The van der Waals surface area contributed by atoms with Gasteiger partial charge in [-0.05, 0) is 40.0 Å². The molecule has 8 nitrogen and oxygen atoms in total. The lowest BCUT2D eigenvalue weighted by Gasteiger charge is -2.39. The van der Waals surface area contributed by atoms with Gasteiger partial charge in [-0.3, -0.25) is 24.7 Å². The molecule has 2 amide bonds. The van der Waals surface area contributed by atoms with Gasteiger partial charge in [-0.2, -0.15) is 0 Å².